The molecule has 1 fully saturated rings. The van der Waals surface area contributed by atoms with Gasteiger partial charge in [0.1, 0.15) is 12.2 Å². The minimum atomic E-state index is -1.46. The van der Waals surface area contributed by atoms with Gasteiger partial charge in [-0.25, -0.2) is 14.7 Å². The number of nitrogens with zero attached hydrogens (tertiary/aromatic N) is 2. The molecule has 0 unspecified atom stereocenters. The van der Waals surface area contributed by atoms with E-state index in [1.165, 1.54) is 19.3 Å². The number of hydrogen-bond acceptors (Lipinski definition) is 8. The van der Waals surface area contributed by atoms with E-state index in [0.717, 1.165) is 10.8 Å². The van der Waals surface area contributed by atoms with Crippen molar-refractivity contribution in [3.63, 3.8) is 0 Å². The number of aliphatic hydroxyl groups excluding tert-OH is 2. The summed E-state index contributed by atoms with van der Waals surface area (Å²) in [7, 11) is 0. The second kappa shape index (κ2) is 10.1. The van der Waals surface area contributed by atoms with Crippen LogP contribution in [0.25, 0.3) is 0 Å². The second-order valence-corrected chi connectivity index (χ2v) is 7.67. The van der Waals surface area contributed by atoms with Crippen molar-refractivity contribution in [1.29, 1.82) is 0 Å². The summed E-state index contributed by atoms with van der Waals surface area (Å²) in [6.07, 6.45) is -0.667. The number of ether oxygens (including phenoxy) is 1. The van der Waals surface area contributed by atoms with Crippen LogP contribution in [0, 0.1) is 5.82 Å². The van der Waals surface area contributed by atoms with Gasteiger partial charge < -0.3 is 20.3 Å². The van der Waals surface area contributed by atoms with Crippen molar-refractivity contribution in [2.75, 3.05) is 5.32 Å². The quantitative estimate of drug-likeness (QED) is 0.211. The van der Waals surface area contributed by atoms with Gasteiger partial charge in [0.2, 0.25) is 11.8 Å². The summed E-state index contributed by atoms with van der Waals surface area (Å²) in [5.74, 6) is -2.53. The number of rotatable bonds is 9. The number of halogens is 1. The van der Waals surface area contributed by atoms with Gasteiger partial charge in [0.25, 0.3) is 0 Å². The van der Waals surface area contributed by atoms with E-state index in [2.05, 4.69) is 10.3 Å². The van der Waals surface area contributed by atoms with Gasteiger partial charge in [0.05, 0.1) is 11.8 Å². The first kappa shape index (κ1) is 23.9. The van der Waals surface area contributed by atoms with Crippen molar-refractivity contribution in [1.82, 2.24) is 15.0 Å². The van der Waals surface area contributed by atoms with Crippen molar-refractivity contribution < 1.29 is 34.1 Å². The first-order valence-corrected chi connectivity index (χ1v) is 9.62. The Kier molecular flexibility index (Phi) is 8.01. The standard InChI is InChI=1S/C18H27FN4O7/c1-18(2)14(27)13(26)16(30-18)23-9-10(19)15(21-17(23)28)20-11(24)7-5-3-4-6-8-12(25)22-29/h9,13-14,16,26-27,29H,3-8H2,1-2H3,(H,22,25)(H,20,21,24,28)/t13-,14+,16-/m1/s1. The number of carbonyl (C=O) groups excluding carboxylic acids is 2. The highest BCUT2D eigenvalue weighted by Crippen LogP contribution is 2.36. The van der Waals surface area contributed by atoms with E-state index in [0.29, 0.717) is 25.7 Å². The van der Waals surface area contributed by atoms with Gasteiger partial charge in [-0.3, -0.25) is 19.4 Å². The molecule has 5 N–H and O–H groups in total. The highest BCUT2D eigenvalue weighted by Gasteiger charge is 2.49. The lowest BCUT2D eigenvalue weighted by Gasteiger charge is -2.21. The molecule has 0 saturated carbocycles. The normalized spacial score (nSPS) is 22.7. The van der Waals surface area contributed by atoms with E-state index in [-0.39, 0.29) is 12.8 Å². The summed E-state index contributed by atoms with van der Waals surface area (Å²) in [5, 5.41) is 30.7. The fraction of sp³-hybridized carbons (Fsp3) is 0.667. The Balaban J connectivity index is 1.91. The second-order valence-electron chi connectivity index (χ2n) is 7.67. The SMILES string of the molecule is CC1(C)O[C@@H](n2cc(F)c(NC(=O)CCCCCCC(=O)NO)nc2=O)[C@H](O)[C@@H]1O. The molecule has 0 aromatic carbocycles. The number of aliphatic hydroxyl groups is 2. The molecule has 168 valence electrons. The average molecular weight is 430 g/mol. The number of unbranched alkanes of at least 4 members (excludes halogenated alkanes) is 3. The molecule has 1 aliphatic heterocycles. The number of carbonyl (C=O) groups is 2. The molecular formula is C18H27FN4O7. The molecule has 0 radical (unpaired) electrons. The van der Waals surface area contributed by atoms with E-state index in [1.54, 1.807) is 0 Å². The first-order chi connectivity index (χ1) is 14.1. The summed E-state index contributed by atoms with van der Waals surface area (Å²) >= 11 is 0. The largest absolute Gasteiger partial charge is 0.387 e. The Labute approximate surface area is 171 Å². The predicted octanol–water partition coefficient (Wildman–Crippen LogP) is 0.196. The van der Waals surface area contributed by atoms with Crippen molar-refractivity contribution in [2.24, 2.45) is 0 Å². The Hall–Kier alpha value is -2.41. The van der Waals surface area contributed by atoms with Crippen molar-refractivity contribution in [3.8, 4) is 0 Å². The fourth-order valence-electron chi connectivity index (χ4n) is 3.13. The van der Waals surface area contributed by atoms with Crippen LogP contribution in [0.2, 0.25) is 0 Å². The Morgan fingerprint density at radius 2 is 1.80 bits per heavy atom. The number of hydroxylamine groups is 1. The van der Waals surface area contributed by atoms with Gasteiger partial charge in [-0.05, 0) is 26.7 Å². The third-order valence-electron chi connectivity index (χ3n) is 4.87. The monoisotopic (exact) mass is 430 g/mol. The minimum Gasteiger partial charge on any atom is -0.387 e. The van der Waals surface area contributed by atoms with E-state index in [9.17, 15) is 29.0 Å². The fourth-order valence-corrected chi connectivity index (χ4v) is 3.13. The Morgan fingerprint density at radius 1 is 1.20 bits per heavy atom. The summed E-state index contributed by atoms with van der Waals surface area (Å²) < 4.78 is 20.5. The number of anilines is 1. The van der Waals surface area contributed by atoms with Crippen LogP contribution >= 0.6 is 0 Å². The molecule has 3 atom stereocenters. The average Bonchev–Trinajstić information content (AvgIpc) is 2.89. The minimum absolute atomic E-state index is 0.0707. The topological polar surface area (TPSA) is 163 Å². The van der Waals surface area contributed by atoms with Crippen LogP contribution in [-0.4, -0.2) is 54.6 Å². The molecule has 0 bridgehead atoms. The van der Waals surface area contributed by atoms with Crippen LogP contribution < -0.4 is 16.5 Å². The first-order valence-electron chi connectivity index (χ1n) is 9.62. The van der Waals surface area contributed by atoms with Gasteiger partial charge in [-0.2, -0.15) is 4.98 Å². The number of amides is 2. The number of aromatic nitrogens is 2. The molecule has 1 saturated heterocycles. The summed E-state index contributed by atoms with van der Waals surface area (Å²) in [4.78, 5) is 38.6. The maximum Gasteiger partial charge on any atom is 0.351 e. The Bertz CT molecular complexity index is 829. The van der Waals surface area contributed by atoms with Crippen LogP contribution in [0.5, 0.6) is 0 Å². The molecule has 2 rings (SSSR count). The third-order valence-corrected chi connectivity index (χ3v) is 4.87. The molecule has 2 amide bonds. The van der Waals surface area contributed by atoms with E-state index >= 15 is 0 Å². The summed E-state index contributed by atoms with van der Waals surface area (Å²) in [6, 6.07) is 0. The molecular weight excluding hydrogens is 403 g/mol. The lowest BCUT2D eigenvalue weighted by molar-refractivity contribution is -0.129. The van der Waals surface area contributed by atoms with Gasteiger partial charge in [-0.1, -0.05) is 12.8 Å². The molecule has 2 heterocycles. The predicted molar refractivity (Wildman–Crippen MR) is 101 cm³/mol. The zero-order valence-electron chi connectivity index (χ0n) is 16.8. The third kappa shape index (κ3) is 5.81. The van der Waals surface area contributed by atoms with Crippen molar-refractivity contribution in [3.05, 3.63) is 22.5 Å². The molecule has 1 aromatic rings. The maximum atomic E-state index is 14.4. The summed E-state index contributed by atoms with van der Waals surface area (Å²) in [5.41, 5.74) is -0.565. The molecule has 11 nitrogen and oxygen atoms in total. The smallest absolute Gasteiger partial charge is 0.351 e. The van der Waals surface area contributed by atoms with E-state index in [1.807, 2.05) is 0 Å². The molecule has 0 aliphatic carbocycles. The Morgan fingerprint density at radius 3 is 2.33 bits per heavy atom. The zero-order valence-corrected chi connectivity index (χ0v) is 16.8. The highest BCUT2D eigenvalue weighted by atomic mass is 19.1. The van der Waals surface area contributed by atoms with Crippen molar-refractivity contribution in [2.45, 2.75) is 76.4 Å². The molecule has 1 aromatic heterocycles. The molecule has 30 heavy (non-hydrogen) atoms. The molecule has 1 aliphatic rings. The van der Waals surface area contributed by atoms with E-state index in [4.69, 9.17) is 9.94 Å². The number of hydrogen-bond donors (Lipinski definition) is 5. The van der Waals surface area contributed by atoms with Crippen LogP contribution in [-0.2, 0) is 14.3 Å². The van der Waals surface area contributed by atoms with Gasteiger partial charge in [0.15, 0.2) is 17.9 Å². The van der Waals surface area contributed by atoms with Crippen LogP contribution in [0.4, 0.5) is 10.2 Å². The lowest BCUT2D eigenvalue weighted by Crippen LogP contribution is -2.38. The summed E-state index contributed by atoms with van der Waals surface area (Å²) in [6.45, 7) is 3.04. The maximum absolute atomic E-state index is 14.4. The molecule has 0 spiro atoms. The van der Waals surface area contributed by atoms with Crippen LogP contribution in [0.3, 0.4) is 0 Å². The van der Waals surface area contributed by atoms with E-state index < -0.39 is 53.2 Å². The highest BCUT2D eigenvalue weighted by molar-refractivity contribution is 5.89. The van der Waals surface area contributed by atoms with Crippen LogP contribution in [0.15, 0.2) is 11.0 Å². The van der Waals surface area contributed by atoms with Crippen LogP contribution in [0.1, 0.15) is 58.6 Å². The van der Waals surface area contributed by atoms with Crippen molar-refractivity contribution >= 4 is 17.6 Å². The number of nitrogens with one attached hydrogen (secondary N) is 2. The van der Waals surface area contributed by atoms with Gasteiger partial charge in [0, 0.05) is 12.8 Å². The zero-order chi connectivity index (χ0) is 22.5. The molecule has 12 heteroatoms. The van der Waals surface area contributed by atoms with Gasteiger partial charge in [-0.15, -0.1) is 0 Å². The lowest BCUT2D eigenvalue weighted by atomic mass is 10.0. The van der Waals surface area contributed by atoms with Gasteiger partial charge >= 0.3 is 5.69 Å².